The third-order valence-corrected chi connectivity index (χ3v) is 4.80. The molecule has 6 atom stereocenters. The molecular weight excluding hydrogens is 344 g/mol. The number of hydrogen-bond donors (Lipinski definition) is 0. The van der Waals surface area contributed by atoms with E-state index < -0.39 is 23.8 Å². The maximum absolute atomic E-state index is 11.3. The lowest BCUT2D eigenvalue weighted by Crippen LogP contribution is -2.28. The first kappa shape index (κ1) is 19.5. The third-order valence-electron chi connectivity index (χ3n) is 4.80. The standard InChI is InChI=1S/2C9H14O4/c2*1-4-5-6-7(8(10)11-5)13-9(2,3)12-6/h2*5-7H,4H2,1-3H3/t2*5?,6-,7-/m11/s1. The Morgan fingerprint density at radius 2 is 1.04 bits per heavy atom. The molecule has 0 saturated carbocycles. The van der Waals surface area contributed by atoms with Crippen molar-refractivity contribution in [3.05, 3.63) is 0 Å². The minimum atomic E-state index is -0.651. The number of carbonyl (C=O) groups excluding carboxylic acids is 2. The third kappa shape index (κ3) is 3.60. The van der Waals surface area contributed by atoms with E-state index in [9.17, 15) is 9.59 Å². The molecule has 0 bridgehead atoms. The van der Waals surface area contributed by atoms with E-state index in [0.717, 1.165) is 12.8 Å². The monoisotopic (exact) mass is 372 g/mol. The first-order valence-electron chi connectivity index (χ1n) is 9.19. The Morgan fingerprint density at radius 1 is 0.692 bits per heavy atom. The smallest absolute Gasteiger partial charge is 0.338 e. The van der Waals surface area contributed by atoms with Crippen LogP contribution in [0, 0.1) is 0 Å². The van der Waals surface area contributed by atoms with Crippen molar-refractivity contribution in [2.75, 3.05) is 0 Å². The lowest BCUT2D eigenvalue weighted by atomic mass is 10.1. The van der Waals surface area contributed by atoms with Crippen molar-refractivity contribution < 1.29 is 38.0 Å². The van der Waals surface area contributed by atoms with Crippen molar-refractivity contribution in [2.24, 2.45) is 0 Å². The molecule has 4 fully saturated rings. The van der Waals surface area contributed by atoms with Gasteiger partial charge in [0.05, 0.1) is 0 Å². The molecule has 0 spiro atoms. The first-order chi connectivity index (χ1) is 12.1. The molecule has 0 radical (unpaired) electrons. The second-order valence-electron chi connectivity index (χ2n) is 7.81. The van der Waals surface area contributed by atoms with Crippen molar-refractivity contribution in [3.63, 3.8) is 0 Å². The molecule has 4 saturated heterocycles. The maximum atomic E-state index is 11.3. The van der Waals surface area contributed by atoms with Crippen LogP contribution in [0.5, 0.6) is 0 Å². The van der Waals surface area contributed by atoms with Crippen LogP contribution in [-0.4, -0.2) is 60.1 Å². The highest BCUT2D eigenvalue weighted by atomic mass is 16.8. The summed E-state index contributed by atoms with van der Waals surface area (Å²) in [7, 11) is 0. The average Bonchev–Trinajstić information content (AvgIpc) is 3.21. The Bertz CT molecular complexity index is 522. The van der Waals surface area contributed by atoms with Gasteiger partial charge in [0.2, 0.25) is 0 Å². The molecule has 0 N–H and O–H groups in total. The van der Waals surface area contributed by atoms with E-state index >= 15 is 0 Å². The van der Waals surface area contributed by atoms with E-state index in [-0.39, 0.29) is 36.4 Å². The number of rotatable bonds is 2. The van der Waals surface area contributed by atoms with Gasteiger partial charge in [-0.05, 0) is 40.5 Å². The van der Waals surface area contributed by atoms with Crippen molar-refractivity contribution in [2.45, 2.75) is 103 Å². The summed E-state index contributed by atoms with van der Waals surface area (Å²) < 4.78 is 32.2. The summed E-state index contributed by atoms with van der Waals surface area (Å²) in [4.78, 5) is 22.6. The molecule has 26 heavy (non-hydrogen) atoms. The van der Waals surface area contributed by atoms with Gasteiger partial charge in [0.25, 0.3) is 0 Å². The Morgan fingerprint density at radius 3 is 1.35 bits per heavy atom. The van der Waals surface area contributed by atoms with Crippen molar-refractivity contribution in [3.8, 4) is 0 Å². The van der Waals surface area contributed by atoms with E-state index in [1.54, 1.807) is 0 Å². The van der Waals surface area contributed by atoms with Gasteiger partial charge in [-0.15, -0.1) is 0 Å². The molecule has 4 aliphatic heterocycles. The normalized spacial score (nSPS) is 41.8. The van der Waals surface area contributed by atoms with Crippen LogP contribution >= 0.6 is 0 Å². The van der Waals surface area contributed by atoms with Gasteiger partial charge < -0.3 is 28.4 Å². The largest absolute Gasteiger partial charge is 0.457 e. The predicted molar refractivity (Wildman–Crippen MR) is 88.0 cm³/mol. The van der Waals surface area contributed by atoms with Crippen LogP contribution in [0.25, 0.3) is 0 Å². The Kier molecular flexibility index (Phi) is 5.07. The van der Waals surface area contributed by atoms with Crippen molar-refractivity contribution in [1.82, 2.24) is 0 Å². The molecule has 4 heterocycles. The highest BCUT2D eigenvalue weighted by molar-refractivity contribution is 5.79. The molecule has 0 aliphatic carbocycles. The summed E-state index contributed by atoms with van der Waals surface area (Å²) in [6, 6.07) is 0. The van der Waals surface area contributed by atoms with Crippen molar-refractivity contribution in [1.29, 1.82) is 0 Å². The van der Waals surface area contributed by atoms with Gasteiger partial charge in [-0.1, -0.05) is 13.8 Å². The van der Waals surface area contributed by atoms with Gasteiger partial charge in [-0.3, -0.25) is 0 Å². The fraction of sp³-hybridized carbons (Fsp3) is 0.889. The molecule has 0 amide bonds. The summed E-state index contributed by atoms with van der Waals surface area (Å²) >= 11 is 0. The van der Waals surface area contributed by atoms with Crippen LogP contribution < -0.4 is 0 Å². The molecule has 0 aromatic rings. The summed E-state index contributed by atoms with van der Waals surface area (Å²) in [5.41, 5.74) is 0. The van der Waals surface area contributed by atoms with Crippen LogP contribution in [0.2, 0.25) is 0 Å². The molecule has 0 aromatic heterocycles. The number of hydrogen-bond acceptors (Lipinski definition) is 8. The van der Waals surface area contributed by atoms with E-state index in [1.165, 1.54) is 0 Å². The minimum Gasteiger partial charge on any atom is -0.457 e. The summed E-state index contributed by atoms with van der Waals surface area (Å²) in [5, 5.41) is 0. The zero-order valence-electron chi connectivity index (χ0n) is 16.1. The topological polar surface area (TPSA) is 89.5 Å². The lowest BCUT2D eigenvalue weighted by molar-refractivity contribution is -0.186. The van der Waals surface area contributed by atoms with Crippen LogP contribution in [0.4, 0.5) is 0 Å². The molecular formula is C18H28O8. The van der Waals surface area contributed by atoms with Crippen LogP contribution in [-0.2, 0) is 38.0 Å². The molecule has 8 heteroatoms. The highest BCUT2D eigenvalue weighted by Gasteiger charge is 2.56. The maximum Gasteiger partial charge on any atom is 0.338 e. The molecule has 4 rings (SSSR count). The molecule has 2 unspecified atom stereocenters. The molecule has 4 aliphatic rings. The second kappa shape index (κ2) is 6.74. The highest BCUT2D eigenvalue weighted by Crippen LogP contribution is 2.37. The molecule has 0 aromatic carbocycles. The minimum absolute atomic E-state index is 0.140. The zero-order valence-corrected chi connectivity index (χ0v) is 16.1. The predicted octanol–water partition coefficient (Wildman–Crippen LogP) is 1.68. The van der Waals surface area contributed by atoms with Gasteiger partial charge >= 0.3 is 11.9 Å². The first-order valence-corrected chi connectivity index (χ1v) is 9.19. The number of fused-ring (bicyclic) bond motifs is 2. The van der Waals surface area contributed by atoms with E-state index in [2.05, 4.69) is 0 Å². The number of esters is 2. The van der Waals surface area contributed by atoms with Crippen LogP contribution in [0.15, 0.2) is 0 Å². The van der Waals surface area contributed by atoms with E-state index in [4.69, 9.17) is 28.4 Å². The van der Waals surface area contributed by atoms with Crippen LogP contribution in [0.1, 0.15) is 54.4 Å². The Labute approximate surface area is 153 Å². The SMILES string of the molecule is CCC1OC(=O)[C@@H]2OC(C)(C)O[C@H]12.CCC1OC(=O)[C@@H]2OC(C)(C)O[C@H]12. The average molecular weight is 372 g/mol. The van der Waals surface area contributed by atoms with E-state index in [0.29, 0.717) is 0 Å². The second-order valence-corrected chi connectivity index (χ2v) is 7.81. The number of carbonyl (C=O) groups is 2. The number of cyclic esters (lactones) is 2. The Balaban J connectivity index is 0.000000151. The fourth-order valence-electron chi connectivity index (χ4n) is 3.68. The zero-order chi connectivity index (χ0) is 19.3. The van der Waals surface area contributed by atoms with Gasteiger partial charge in [0.15, 0.2) is 23.8 Å². The van der Waals surface area contributed by atoms with Crippen LogP contribution in [0.3, 0.4) is 0 Å². The number of ether oxygens (including phenoxy) is 6. The van der Waals surface area contributed by atoms with Gasteiger partial charge in [0.1, 0.15) is 24.4 Å². The fourth-order valence-corrected chi connectivity index (χ4v) is 3.68. The quantitative estimate of drug-likeness (QED) is 0.677. The Hall–Kier alpha value is -1.22. The summed E-state index contributed by atoms with van der Waals surface area (Å²) in [6.07, 6.45) is -0.197. The van der Waals surface area contributed by atoms with Gasteiger partial charge in [-0.25, -0.2) is 9.59 Å². The van der Waals surface area contributed by atoms with Crippen molar-refractivity contribution >= 4 is 11.9 Å². The summed E-state index contributed by atoms with van der Waals surface area (Å²) in [5.74, 6) is -1.88. The molecule has 8 nitrogen and oxygen atoms in total. The molecule has 148 valence electrons. The summed E-state index contributed by atoms with van der Waals surface area (Å²) in [6.45, 7) is 11.2. The lowest BCUT2D eigenvalue weighted by Gasteiger charge is -2.20. The van der Waals surface area contributed by atoms with E-state index in [1.807, 2.05) is 41.5 Å². The van der Waals surface area contributed by atoms with Gasteiger partial charge in [0, 0.05) is 0 Å². The van der Waals surface area contributed by atoms with Gasteiger partial charge in [-0.2, -0.15) is 0 Å².